The van der Waals surface area contributed by atoms with Crippen LogP contribution in [0.5, 0.6) is 0 Å². The van der Waals surface area contributed by atoms with Gasteiger partial charge in [-0.05, 0) is 34.5 Å². The van der Waals surface area contributed by atoms with Crippen molar-refractivity contribution in [2.75, 3.05) is 18.5 Å². The Hall–Kier alpha value is -1.14. The maximum Gasteiger partial charge on any atom is 0.320 e. The summed E-state index contributed by atoms with van der Waals surface area (Å²) >= 11 is 3.24. The van der Waals surface area contributed by atoms with E-state index < -0.39 is 0 Å². The van der Waals surface area contributed by atoms with Crippen LogP contribution < -0.4 is 10.6 Å². The molecule has 0 spiro atoms. The molecule has 1 aliphatic rings. The highest BCUT2D eigenvalue weighted by atomic mass is 79.9. The number of rotatable bonds is 2. The number of carbonyl (C=O) groups is 1. The number of pyridine rings is 1. The Morgan fingerprint density at radius 2 is 2.44 bits per heavy atom. The summed E-state index contributed by atoms with van der Waals surface area (Å²) in [5.41, 5.74) is 0. The summed E-state index contributed by atoms with van der Waals surface area (Å²) in [6.45, 7) is 1.29. The SMILES string of the molecule is O=C(Nc1cccc(Br)n1)NC1CCOC1. The first-order valence-electron chi connectivity index (χ1n) is 5.02. The lowest BCUT2D eigenvalue weighted by Gasteiger charge is -2.11. The van der Waals surface area contributed by atoms with Crippen molar-refractivity contribution >= 4 is 27.8 Å². The van der Waals surface area contributed by atoms with Crippen LogP contribution in [0.3, 0.4) is 0 Å². The van der Waals surface area contributed by atoms with Gasteiger partial charge in [0.05, 0.1) is 12.6 Å². The number of carbonyl (C=O) groups excluding carboxylic acids is 1. The fraction of sp³-hybridized carbons (Fsp3) is 0.400. The molecule has 16 heavy (non-hydrogen) atoms. The van der Waals surface area contributed by atoms with E-state index in [2.05, 4.69) is 31.5 Å². The zero-order chi connectivity index (χ0) is 11.4. The van der Waals surface area contributed by atoms with Crippen LogP contribution in [0, 0.1) is 0 Å². The third kappa shape index (κ3) is 3.18. The Bertz CT molecular complexity index is 380. The van der Waals surface area contributed by atoms with Crippen molar-refractivity contribution in [2.45, 2.75) is 12.5 Å². The number of nitrogens with one attached hydrogen (secondary N) is 2. The van der Waals surface area contributed by atoms with Gasteiger partial charge in [0.2, 0.25) is 0 Å². The zero-order valence-corrected chi connectivity index (χ0v) is 10.2. The number of amides is 2. The molecule has 1 aromatic rings. The van der Waals surface area contributed by atoms with Gasteiger partial charge in [-0.3, -0.25) is 5.32 Å². The highest BCUT2D eigenvalue weighted by molar-refractivity contribution is 9.10. The lowest BCUT2D eigenvalue weighted by atomic mass is 10.3. The Morgan fingerprint density at radius 3 is 3.12 bits per heavy atom. The number of hydrogen-bond acceptors (Lipinski definition) is 3. The fourth-order valence-electron chi connectivity index (χ4n) is 1.46. The predicted molar refractivity (Wildman–Crippen MR) is 63.3 cm³/mol. The van der Waals surface area contributed by atoms with E-state index in [0.29, 0.717) is 23.6 Å². The van der Waals surface area contributed by atoms with Crippen LogP contribution in [0.2, 0.25) is 0 Å². The van der Waals surface area contributed by atoms with Crippen molar-refractivity contribution in [1.82, 2.24) is 10.3 Å². The average molecular weight is 286 g/mol. The maximum atomic E-state index is 11.5. The van der Waals surface area contributed by atoms with Gasteiger partial charge >= 0.3 is 6.03 Å². The van der Waals surface area contributed by atoms with E-state index in [1.54, 1.807) is 12.1 Å². The number of anilines is 1. The van der Waals surface area contributed by atoms with Crippen LogP contribution in [0.25, 0.3) is 0 Å². The van der Waals surface area contributed by atoms with E-state index in [-0.39, 0.29) is 12.1 Å². The molecule has 2 rings (SSSR count). The number of halogens is 1. The second-order valence-corrected chi connectivity index (χ2v) is 4.32. The maximum absolute atomic E-state index is 11.5. The molecule has 2 heterocycles. The standard InChI is InChI=1S/C10H12BrN3O2/c11-8-2-1-3-9(13-8)14-10(15)12-7-4-5-16-6-7/h1-3,7H,4-6H2,(H2,12,13,14,15). The van der Waals surface area contributed by atoms with Crippen molar-refractivity contribution in [3.05, 3.63) is 22.8 Å². The van der Waals surface area contributed by atoms with Gasteiger partial charge in [-0.15, -0.1) is 0 Å². The topological polar surface area (TPSA) is 63.2 Å². The monoisotopic (exact) mass is 285 g/mol. The first-order valence-corrected chi connectivity index (χ1v) is 5.81. The Morgan fingerprint density at radius 1 is 1.56 bits per heavy atom. The van der Waals surface area contributed by atoms with Crippen molar-refractivity contribution in [3.8, 4) is 0 Å². The van der Waals surface area contributed by atoms with Gasteiger partial charge < -0.3 is 10.1 Å². The van der Waals surface area contributed by atoms with Gasteiger partial charge in [0, 0.05) is 6.61 Å². The van der Waals surface area contributed by atoms with E-state index in [1.165, 1.54) is 0 Å². The van der Waals surface area contributed by atoms with Crippen molar-refractivity contribution in [3.63, 3.8) is 0 Å². The molecule has 0 aromatic carbocycles. The third-order valence-electron chi connectivity index (χ3n) is 2.22. The summed E-state index contributed by atoms with van der Waals surface area (Å²) in [5, 5.41) is 5.48. The molecule has 0 aliphatic carbocycles. The molecule has 0 radical (unpaired) electrons. The van der Waals surface area contributed by atoms with Crippen LogP contribution in [0.15, 0.2) is 22.8 Å². The van der Waals surface area contributed by atoms with Crippen LogP contribution in [0.4, 0.5) is 10.6 Å². The largest absolute Gasteiger partial charge is 0.379 e. The summed E-state index contributed by atoms with van der Waals surface area (Å²) in [4.78, 5) is 15.6. The molecule has 2 N–H and O–H groups in total. The van der Waals surface area contributed by atoms with Crippen LogP contribution in [0.1, 0.15) is 6.42 Å². The van der Waals surface area contributed by atoms with E-state index in [9.17, 15) is 4.79 Å². The van der Waals surface area contributed by atoms with Gasteiger partial charge in [0.15, 0.2) is 0 Å². The number of aromatic nitrogens is 1. The van der Waals surface area contributed by atoms with Crippen LogP contribution in [-0.2, 0) is 4.74 Å². The van der Waals surface area contributed by atoms with Crippen molar-refractivity contribution < 1.29 is 9.53 Å². The molecule has 1 atom stereocenters. The highest BCUT2D eigenvalue weighted by Crippen LogP contribution is 2.10. The van der Waals surface area contributed by atoms with Gasteiger partial charge in [-0.2, -0.15) is 0 Å². The molecule has 1 aliphatic heterocycles. The quantitative estimate of drug-likeness (QED) is 0.814. The van der Waals surface area contributed by atoms with Crippen molar-refractivity contribution in [1.29, 1.82) is 0 Å². The second-order valence-electron chi connectivity index (χ2n) is 3.50. The van der Waals surface area contributed by atoms with Gasteiger partial charge in [0.25, 0.3) is 0 Å². The molecule has 86 valence electrons. The van der Waals surface area contributed by atoms with Gasteiger partial charge in [-0.1, -0.05) is 6.07 Å². The predicted octanol–water partition coefficient (Wildman–Crippen LogP) is 1.75. The third-order valence-corrected chi connectivity index (χ3v) is 2.66. The number of hydrogen-bond donors (Lipinski definition) is 2. The summed E-state index contributed by atoms with van der Waals surface area (Å²) in [6.07, 6.45) is 0.860. The normalized spacial score (nSPS) is 19.4. The minimum absolute atomic E-state index is 0.104. The molecule has 1 aromatic heterocycles. The molecular formula is C10H12BrN3O2. The van der Waals surface area contributed by atoms with Gasteiger partial charge in [0.1, 0.15) is 10.4 Å². The van der Waals surface area contributed by atoms with E-state index >= 15 is 0 Å². The summed E-state index contributed by atoms with van der Waals surface area (Å²) in [6, 6.07) is 5.20. The Balaban J connectivity index is 1.86. The lowest BCUT2D eigenvalue weighted by Crippen LogP contribution is -2.38. The smallest absolute Gasteiger partial charge is 0.320 e. The minimum Gasteiger partial charge on any atom is -0.379 e. The summed E-state index contributed by atoms with van der Waals surface area (Å²) in [5.74, 6) is 0.519. The van der Waals surface area contributed by atoms with Gasteiger partial charge in [-0.25, -0.2) is 9.78 Å². The molecule has 0 bridgehead atoms. The lowest BCUT2D eigenvalue weighted by molar-refractivity contribution is 0.189. The second kappa shape index (κ2) is 5.27. The average Bonchev–Trinajstić information content (AvgIpc) is 2.70. The summed E-state index contributed by atoms with van der Waals surface area (Å²) < 4.78 is 5.85. The molecule has 5 nitrogen and oxygen atoms in total. The molecule has 0 saturated carbocycles. The molecule has 1 fully saturated rings. The Labute approximate surface area is 102 Å². The van der Waals surface area contributed by atoms with Crippen LogP contribution >= 0.6 is 15.9 Å². The fourth-order valence-corrected chi connectivity index (χ4v) is 1.81. The van der Waals surface area contributed by atoms with Crippen molar-refractivity contribution in [2.24, 2.45) is 0 Å². The number of nitrogens with zero attached hydrogens (tertiary/aromatic N) is 1. The highest BCUT2D eigenvalue weighted by Gasteiger charge is 2.17. The molecule has 1 saturated heterocycles. The zero-order valence-electron chi connectivity index (χ0n) is 8.57. The molecular weight excluding hydrogens is 274 g/mol. The van der Waals surface area contributed by atoms with E-state index in [0.717, 1.165) is 6.42 Å². The molecule has 1 unspecified atom stereocenters. The number of urea groups is 1. The van der Waals surface area contributed by atoms with Crippen LogP contribution in [-0.4, -0.2) is 30.3 Å². The first kappa shape index (κ1) is 11.3. The summed E-state index contributed by atoms with van der Waals surface area (Å²) in [7, 11) is 0. The Kier molecular flexibility index (Phi) is 3.74. The molecule has 2 amide bonds. The first-order chi connectivity index (χ1) is 7.74. The minimum atomic E-state index is -0.249. The van der Waals surface area contributed by atoms with E-state index in [4.69, 9.17) is 4.74 Å². The molecule has 6 heteroatoms. The number of ether oxygens (including phenoxy) is 1. The van der Waals surface area contributed by atoms with E-state index in [1.807, 2.05) is 6.07 Å².